The zero-order chi connectivity index (χ0) is 25.3. The maximum Gasteiger partial charge on any atom is 0.273 e. The molecular weight excluding hydrogens is 486 g/mol. The van der Waals surface area contributed by atoms with E-state index in [1.807, 2.05) is 6.92 Å². The van der Waals surface area contributed by atoms with E-state index in [4.69, 9.17) is 0 Å². The highest BCUT2D eigenvalue weighted by Crippen LogP contribution is 2.26. The molecule has 1 fully saturated rings. The third kappa shape index (κ3) is 7.94. The van der Waals surface area contributed by atoms with Crippen LogP contribution in [0.5, 0.6) is 0 Å². The van der Waals surface area contributed by atoms with Gasteiger partial charge in [-0.1, -0.05) is 70.1 Å². The van der Waals surface area contributed by atoms with E-state index in [1.165, 1.54) is 49.7 Å². The summed E-state index contributed by atoms with van der Waals surface area (Å²) >= 11 is 1.26. The molecule has 1 saturated heterocycles. The van der Waals surface area contributed by atoms with Gasteiger partial charge in [0.1, 0.15) is 5.82 Å². The third-order valence-corrected chi connectivity index (χ3v) is 9.19. The molecule has 0 saturated carbocycles. The molecule has 0 bridgehead atoms. The Morgan fingerprint density at radius 2 is 1.77 bits per heavy atom. The van der Waals surface area contributed by atoms with Gasteiger partial charge in [0.15, 0.2) is 0 Å². The van der Waals surface area contributed by atoms with Gasteiger partial charge in [0.2, 0.25) is 15.2 Å². The van der Waals surface area contributed by atoms with Crippen molar-refractivity contribution in [2.24, 2.45) is 0 Å². The Balaban J connectivity index is 1.49. The molecule has 11 heteroatoms. The summed E-state index contributed by atoms with van der Waals surface area (Å²) in [5.74, 6) is 0.754. The molecule has 194 valence electrons. The minimum atomic E-state index is -3.26. The molecular formula is C24H37N5O4S2. The van der Waals surface area contributed by atoms with Crippen LogP contribution in [0.3, 0.4) is 0 Å². The van der Waals surface area contributed by atoms with Gasteiger partial charge in [-0.15, -0.1) is 0 Å². The minimum absolute atomic E-state index is 0.0241. The largest absolute Gasteiger partial charge is 0.342 e. The molecule has 0 aliphatic carbocycles. The molecule has 1 unspecified atom stereocenters. The van der Waals surface area contributed by atoms with Crippen LogP contribution in [0.15, 0.2) is 24.3 Å². The Morgan fingerprint density at radius 1 is 1.09 bits per heavy atom. The fourth-order valence-corrected chi connectivity index (χ4v) is 6.89. The van der Waals surface area contributed by atoms with Crippen LogP contribution in [-0.4, -0.2) is 58.4 Å². The van der Waals surface area contributed by atoms with Crippen LogP contribution in [0.1, 0.15) is 76.6 Å². The normalized spacial score (nSPS) is 17.1. The first-order chi connectivity index (χ1) is 16.8. The number of hydrogen-bond donors (Lipinski definition) is 0. The zero-order valence-corrected chi connectivity index (χ0v) is 22.4. The lowest BCUT2D eigenvalue weighted by Gasteiger charge is -2.38. The first-order valence-electron chi connectivity index (χ1n) is 12.6. The van der Waals surface area contributed by atoms with Gasteiger partial charge in [0.25, 0.3) is 5.69 Å². The predicted octanol–water partition coefficient (Wildman–Crippen LogP) is 5.02. The molecule has 1 aliphatic rings. The van der Waals surface area contributed by atoms with Gasteiger partial charge in [-0.05, 0) is 13.3 Å². The molecule has 0 radical (unpaired) electrons. The summed E-state index contributed by atoms with van der Waals surface area (Å²) in [6, 6.07) is 6.59. The van der Waals surface area contributed by atoms with E-state index >= 15 is 0 Å². The molecule has 2 heterocycles. The number of anilines is 1. The fourth-order valence-electron chi connectivity index (χ4n) is 4.45. The number of nitro benzene ring substituents is 1. The Labute approximate surface area is 212 Å². The highest BCUT2D eigenvalue weighted by atomic mass is 32.2. The van der Waals surface area contributed by atoms with Crippen molar-refractivity contribution in [3.05, 3.63) is 45.8 Å². The molecule has 1 aliphatic heterocycles. The van der Waals surface area contributed by atoms with Crippen molar-refractivity contribution in [1.29, 1.82) is 0 Å². The lowest BCUT2D eigenvalue weighted by molar-refractivity contribution is -0.385. The summed E-state index contributed by atoms with van der Waals surface area (Å²) < 4.78 is 31.8. The van der Waals surface area contributed by atoms with Crippen molar-refractivity contribution in [2.45, 2.75) is 77.7 Å². The molecule has 1 atom stereocenters. The van der Waals surface area contributed by atoms with E-state index < -0.39 is 14.9 Å². The molecule has 2 aromatic rings. The second kappa shape index (κ2) is 13.3. The molecule has 0 amide bonds. The van der Waals surface area contributed by atoms with Crippen molar-refractivity contribution in [3.8, 4) is 0 Å². The maximum atomic E-state index is 12.9. The van der Waals surface area contributed by atoms with Crippen molar-refractivity contribution < 1.29 is 13.3 Å². The van der Waals surface area contributed by atoms with E-state index in [1.54, 1.807) is 22.5 Å². The smallest absolute Gasteiger partial charge is 0.273 e. The standard InChI is InChI=1S/C24H37N5O4S2/c1-3-4-5-6-7-8-9-12-17-35(32,33)27-15-16-28(20(2)19-27)24-25-23(26-34-24)18-21-13-10-11-14-22(21)29(30)31/h10-11,13-14,20H,3-9,12,15-19H2,1-2H3. The van der Waals surface area contributed by atoms with Crippen LogP contribution in [0, 0.1) is 10.1 Å². The van der Waals surface area contributed by atoms with Gasteiger partial charge in [-0.25, -0.2) is 13.4 Å². The topological polar surface area (TPSA) is 110 Å². The van der Waals surface area contributed by atoms with Gasteiger partial charge in [-0.3, -0.25) is 10.1 Å². The first kappa shape index (κ1) is 27.5. The van der Waals surface area contributed by atoms with Crippen LogP contribution < -0.4 is 4.90 Å². The Hall–Kier alpha value is -2.11. The SMILES string of the molecule is CCCCCCCCCCS(=O)(=O)N1CCN(c2nc(Cc3ccccc3[N+](=O)[O-])ns2)C(C)C1. The maximum absolute atomic E-state index is 12.9. The van der Waals surface area contributed by atoms with Gasteiger partial charge < -0.3 is 4.90 Å². The number of para-hydroxylation sites is 1. The second-order valence-corrected chi connectivity index (χ2v) is 12.1. The van der Waals surface area contributed by atoms with Crippen molar-refractivity contribution >= 4 is 32.4 Å². The molecule has 9 nitrogen and oxygen atoms in total. The number of aromatic nitrogens is 2. The van der Waals surface area contributed by atoms with Gasteiger partial charge in [0.05, 0.1) is 10.7 Å². The van der Waals surface area contributed by atoms with E-state index in [0.717, 1.165) is 24.4 Å². The molecule has 0 spiro atoms. The summed E-state index contributed by atoms with van der Waals surface area (Å²) in [7, 11) is -3.26. The Kier molecular flexibility index (Phi) is 10.4. The highest BCUT2D eigenvalue weighted by molar-refractivity contribution is 7.89. The summed E-state index contributed by atoms with van der Waals surface area (Å²) in [6.45, 7) is 5.62. The number of benzene rings is 1. The number of rotatable bonds is 14. The van der Waals surface area contributed by atoms with Gasteiger partial charge in [0, 0.05) is 55.3 Å². The number of unbranched alkanes of at least 4 members (excludes halogenated alkanes) is 7. The number of sulfonamides is 1. The molecule has 3 rings (SSSR count). The monoisotopic (exact) mass is 523 g/mol. The van der Waals surface area contributed by atoms with Crippen molar-refractivity contribution in [3.63, 3.8) is 0 Å². The van der Waals surface area contributed by atoms with Crippen LogP contribution in [0.4, 0.5) is 10.8 Å². The summed E-state index contributed by atoms with van der Waals surface area (Å²) in [6.07, 6.45) is 9.31. The number of piperazine rings is 1. The van der Waals surface area contributed by atoms with Gasteiger partial charge in [-0.2, -0.15) is 8.68 Å². The van der Waals surface area contributed by atoms with Crippen molar-refractivity contribution in [2.75, 3.05) is 30.3 Å². The third-order valence-electron chi connectivity index (χ3n) is 6.48. The first-order valence-corrected chi connectivity index (χ1v) is 15.0. The highest BCUT2D eigenvalue weighted by Gasteiger charge is 2.32. The van der Waals surface area contributed by atoms with Crippen LogP contribution in [0.2, 0.25) is 0 Å². The van der Waals surface area contributed by atoms with Gasteiger partial charge >= 0.3 is 0 Å². The quantitative estimate of drug-likeness (QED) is 0.194. The fraction of sp³-hybridized carbons (Fsp3) is 0.667. The van der Waals surface area contributed by atoms with Crippen LogP contribution >= 0.6 is 11.5 Å². The summed E-state index contributed by atoms with van der Waals surface area (Å²) in [4.78, 5) is 17.6. The van der Waals surface area contributed by atoms with Crippen molar-refractivity contribution in [1.82, 2.24) is 13.7 Å². The average Bonchev–Trinajstić information content (AvgIpc) is 3.29. The van der Waals surface area contributed by atoms with E-state index in [0.29, 0.717) is 31.0 Å². The number of hydrogen-bond acceptors (Lipinski definition) is 8. The number of nitrogens with zero attached hydrogens (tertiary/aromatic N) is 5. The second-order valence-electron chi connectivity index (χ2n) is 9.25. The average molecular weight is 524 g/mol. The Morgan fingerprint density at radius 3 is 2.46 bits per heavy atom. The Bertz CT molecular complexity index is 1060. The lowest BCUT2D eigenvalue weighted by atomic mass is 10.1. The molecule has 1 aromatic heterocycles. The van der Waals surface area contributed by atoms with Crippen LogP contribution in [-0.2, 0) is 16.4 Å². The van der Waals surface area contributed by atoms with Crippen LogP contribution in [0.25, 0.3) is 0 Å². The summed E-state index contributed by atoms with van der Waals surface area (Å²) in [5, 5.41) is 12.0. The van der Waals surface area contributed by atoms with E-state index in [9.17, 15) is 18.5 Å². The van der Waals surface area contributed by atoms with E-state index in [2.05, 4.69) is 21.2 Å². The lowest BCUT2D eigenvalue weighted by Crippen LogP contribution is -2.54. The molecule has 1 aromatic carbocycles. The molecule has 0 N–H and O–H groups in total. The minimum Gasteiger partial charge on any atom is -0.342 e. The number of nitro groups is 1. The predicted molar refractivity (Wildman–Crippen MR) is 141 cm³/mol. The van der Waals surface area contributed by atoms with E-state index in [-0.39, 0.29) is 23.9 Å². The zero-order valence-electron chi connectivity index (χ0n) is 20.8. The molecule has 35 heavy (non-hydrogen) atoms. The summed E-state index contributed by atoms with van der Waals surface area (Å²) in [5.41, 5.74) is 0.638.